The third-order valence-corrected chi connectivity index (χ3v) is 8.02. The number of Topliss-reactive ketones (excluding diaryl/α,β-unsaturated/α-hetero) is 1. The third-order valence-electron chi connectivity index (χ3n) is 6.69. The number of nitrogens with one attached hydrogen (secondary N) is 1. The topological polar surface area (TPSA) is 108 Å². The van der Waals surface area contributed by atoms with E-state index in [9.17, 15) is 18.0 Å². The Bertz CT molecular complexity index is 1610. The molecule has 0 atom stereocenters. The number of allylic oxidation sites excluding steroid dienone is 2. The number of carbonyl (C=O) groups is 2. The zero-order valence-electron chi connectivity index (χ0n) is 20.2. The molecule has 0 saturated carbocycles. The van der Waals surface area contributed by atoms with Gasteiger partial charge in [-0.3, -0.25) is 4.79 Å². The number of carbonyl (C=O) groups excluding carboxylic acids is 2. The van der Waals surface area contributed by atoms with E-state index in [2.05, 4.69) is 26.7 Å². The van der Waals surface area contributed by atoms with Crippen molar-refractivity contribution >= 4 is 39.0 Å². The highest BCUT2D eigenvalue weighted by Gasteiger charge is 2.36. The minimum absolute atomic E-state index is 0.0612. The fraction of sp³-hybridized carbons (Fsp3) is 0.179. The van der Waals surface area contributed by atoms with E-state index in [1.165, 1.54) is 12.1 Å². The van der Waals surface area contributed by atoms with Crippen LogP contribution in [-0.2, 0) is 21.4 Å². The minimum atomic E-state index is -3.82. The molecule has 3 aromatic carbocycles. The van der Waals surface area contributed by atoms with Crippen molar-refractivity contribution in [1.29, 1.82) is 0 Å². The summed E-state index contributed by atoms with van der Waals surface area (Å²) in [4.78, 5) is 29.7. The van der Waals surface area contributed by atoms with Crippen LogP contribution in [0.5, 0.6) is 0 Å². The smallest absolute Gasteiger partial charge is 0.410 e. The van der Waals surface area contributed by atoms with Gasteiger partial charge in [-0.1, -0.05) is 36.4 Å². The molecule has 0 unspecified atom stereocenters. The van der Waals surface area contributed by atoms with Gasteiger partial charge in [0.05, 0.1) is 27.7 Å². The lowest BCUT2D eigenvalue weighted by molar-refractivity contribution is 0.0941. The predicted octanol–water partition coefficient (Wildman–Crippen LogP) is 3.43. The molecule has 0 bridgehead atoms. The zero-order valence-corrected chi connectivity index (χ0v) is 21.0. The molecule has 10 heteroatoms. The van der Waals surface area contributed by atoms with Crippen molar-refractivity contribution < 1.29 is 22.7 Å². The number of ether oxygens (including phenoxy) is 1. The van der Waals surface area contributed by atoms with Gasteiger partial charge in [0.25, 0.3) is 10.0 Å². The van der Waals surface area contributed by atoms with Crippen LogP contribution in [0.1, 0.15) is 21.5 Å². The molecule has 2 aliphatic heterocycles. The first kappa shape index (κ1) is 23.8. The number of piperazine rings is 1. The Morgan fingerprint density at radius 2 is 1.84 bits per heavy atom. The summed E-state index contributed by atoms with van der Waals surface area (Å²) >= 11 is 0. The Hall–Kier alpha value is -4.62. The second-order valence-corrected chi connectivity index (χ2v) is 10.6. The second kappa shape index (κ2) is 9.36. The highest BCUT2D eigenvalue weighted by molar-refractivity contribution is 7.90. The molecule has 1 N–H and O–H groups in total. The van der Waals surface area contributed by atoms with Crippen molar-refractivity contribution in [3.63, 3.8) is 0 Å². The fourth-order valence-electron chi connectivity index (χ4n) is 4.80. The first-order valence-electron chi connectivity index (χ1n) is 12.0. The van der Waals surface area contributed by atoms with E-state index in [1.54, 1.807) is 29.2 Å². The Labute approximate surface area is 220 Å². The van der Waals surface area contributed by atoms with E-state index >= 15 is 0 Å². The van der Waals surface area contributed by atoms with Crippen LogP contribution in [0.3, 0.4) is 0 Å². The molecule has 190 valence electrons. The molecule has 0 spiro atoms. The SMILES string of the molecule is O=C1C(Nc2ccccc2N2CCN(C(=O)OCc3cc#ccc3)CC2)=CC2=NS(=O)(=O)c3cccc1c32. The van der Waals surface area contributed by atoms with Crippen LogP contribution in [0, 0.1) is 12.1 Å². The van der Waals surface area contributed by atoms with E-state index < -0.39 is 10.0 Å². The van der Waals surface area contributed by atoms with E-state index in [0.29, 0.717) is 43.0 Å². The molecule has 1 fully saturated rings. The van der Waals surface area contributed by atoms with Crippen molar-refractivity contribution in [1.82, 2.24) is 4.90 Å². The van der Waals surface area contributed by atoms with Crippen LogP contribution in [0.2, 0.25) is 0 Å². The number of benzene rings is 2. The van der Waals surface area contributed by atoms with Gasteiger partial charge in [-0.2, -0.15) is 12.8 Å². The summed E-state index contributed by atoms with van der Waals surface area (Å²) in [7, 11) is -3.82. The maximum atomic E-state index is 13.3. The molecule has 3 aromatic rings. The summed E-state index contributed by atoms with van der Waals surface area (Å²) in [5.41, 5.74) is 3.59. The van der Waals surface area contributed by atoms with Crippen LogP contribution in [-0.4, -0.2) is 57.1 Å². The van der Waals surface area contributed by atoms with E-state index in [1.807, 2.05) is 30.3 Å². The molecule has 1 aliphatic carbocycles. The van der Waals surface area contributed by atoms with Crippen LogP contribution in [0.25, 0.3) is 0 Å². The van der Waals surface area contributed by atoms with Gasteiger partial charge in [0, 0.05) is 37.3 Å². The highest BCUT2D eigenvalue weighted by Crippen LogP contribution is 2.35. The molecule has 38 heavy (non-hydrogen) atoms. The van der Waals surface area contributed by atoms with Crippen molar-refractivity contribution in [2.75, 3.05) is 36.4 Å². The van der Waals surface area contributed by atoms with Crippen molar-refractivity contribution in [3.05, 3.63) is 101 Å². The van der Waals surface area contributed by atoms with Gasteiger partial charge < -0.3 is 19.9 Å². The lowest BCUT2D eigenvalue weighted by atomic mass is 9.92. The van der Waals surface area contributed by atoms with E-state index in [4.69, 9.17) is 4.74 Å². The summed E-state index contributed by atoms with van der Waals surface area (Å²) in [5.74, 6) is -0.297. The lowest BCUT2D eigenvalue weighted by Crippen LogP contribution is -2.49. The number of hydrogen-bond acceptors (Lipinski definition) is 7. The maximum absolute atomic E-state index is 13.3. The molecule has 0 aromatic heterocycles. The quantitative estimate of drug-likeness (QED) is 0.543. The van der Waals surface area contributed by atoms with Crippen molar-refractivity contribution in [3.8, 4) is 0 Å². The summed E-state index contributed by atoms with van der Waals surface area (Å²) in [5, 5.41) is 3.21. The average Bonchev–Trinajstić information content (AvgIpc) is 3.21. The number of sulfonamides is 1. The molecular weight excluding hydrogens is 504 g/mol. The van der Waals surface area contributed by atoms with Crippen LogP contribution >= 0.6 is 0 Å². The normalized spacial score (nSPS) is 17.2. The number of amides is 1. The number of nitrogens with zero attached hydrogens (tertiary/aromatic N) is 3. The van der Waals surface area contributed by atoms with Crippen LogP contribution < -0.4 is 10.2 Å². The van der Waals surface area contributed by atoms with Crippen molar-refractivity contribution in [2.45, 2.75) is 11.5 Å². The largest absolute Gasteiger partial charge is 0.445 e. The zero-order chi connectivity index (χ0) is 26.3. The fourth-order valence-corrected chi connectivity index (χ4v) is 6.02. The summed E-state index contributed by atoms with van der Waals surface area (Å²) in [6, 6.07) is 23.1. The van der Waals surface area contributed by atoms with Crippen molar-refractivity contribution in [2.24, 2.45) is 4.40 Å². The van der Waals surface area contributed by atoms with Gasteiger partial charge in [-0.15, -0.1) is 0 Å². The van der Waals surface area contributed by atoms with Gasteiger partial charge in [-0.25, -0.2) is 4.79 Å². The number of para-hydroxylation sites is 2. The van der Waals surface area contributed by atoms with E-state index in [0.717, 1.165) is 11.3 Å². The Kier molecular flexibility index (Phi) is 5.85. The molecule has 1 amide bonds. The molecular formula is C28H22N4O5S. The first-order chi connectivity index (χ1) is 18.4. The van der Waals surface area contributed by atoms with Gasteiger partial charge in [0.1, 0.15) is 6.61 Å². The molecule has 6 rings (SSSR count). The third kappa shape index (κ3) is 4.27. The Morgan fingerprint density at radius 1 is 1.03 bits per heavy atom. The Balaban J connectivity index is 1.16. The molecule has 2 heterocycles. The summed E-state index contributed by atoms with van der Waals surface area (Å²) in [6.45, 7) is 2.29. The lowest BCUT2D eigenvalue weighted by Gasteiger charge is -2.36. The number of rotatable bonds is 5. The highest BCUT2D eigenvalue weighted by atomic mass is 32.2. The number of anilines is 2. The number of ketones is 1. The Morgan fingerprint density at radius 3 is 2.63 bits per heavy atom. The standard InChI is InChI=1S/C28H22N4O5S/c33-27-20-9-6-12-25-26(20)22(30-38(25,35)36)17-23(27)29-21-10-4-5-11-24(21)31-13-15-32(16-14-31)28(34)37-18-19-7-2-1-3-8-19/h2,4-12,17,29H,13-16,18H2. The molecule has 9 nitrogen and oxygen atoms in total. The maximum Gasteiger partial charge on any atom is 0.410 e. The van der Waals surface area contributed by atoms with Gasteiger partial charge >= 0.3 is 6.09 Å². The van der Waals surface area contributed by atoms with Crippen LogP contribution in [0.15, 0.2) is 81.7 Å². The number of hydrogen-bond donors (Lipinski definition) is 1. The van der Waals surface area contributed by atoms with Gasteiger partial charge in [-0.05, 0) is 48.0 Å². The van der Waals surface area contributed by atoms with Gasteiger partial charge in [0.2, 0.25) is 5.78 Å². The monoisotopic (exact) mass is 526 g/mol. The molecule has 1 saturated heterocycles. The van der Waals surface area contributed by atoms with Crippen LogP contribution in [0.4, 0.5) is 16.2 Å². The summed E-state index contributed by atoms with van der Waals surface area (Å²) < 4.78 is 34.2. The predicted molar refractivity (Wildman–Crippen MR) is 141 cm³/mol. The minimum Gasteiger partial charge on any atom is -0.445 e. The molecule has 0 radical (unpaired) electrons. The first-order valence-corrected chi connectivity index (χ1v) is 13.5. The second-order valence-electron chi connectivity index (χ2n) is 9.03. The average molecular weight is 527 g/mol. The van der Waals surface area contributed by atoms with E-state index in [-0.39, 0.29) is 34.8 Å². The van der Waals surface area contributed by atoms with Gasteiger partial charge in [0.15, 0.2) is 0 Å². The summed E-state index contributed by atoms with van der Waals surface area (Å²) in [6.07, 6.45) is 1.12. The molecule has 3 aliphatic rings.